The molecule has 12 heteroatoms. The number of likely N-dealkylation sites (N-methyl/N-ethyl adjacent to an activating group) is 1. The van der Waals surface area contributed by atoms with E-state index in [1.165, 1.54) is 64.2 Å². The molecule has 54 heavy (non-hydrogen) atoms. The van der Waals surface area contributed by atoms with Gasteiger partial charge in [0.25, 0.3) is 7.82 Å². The van der Waals surface area contributed by atoms with Crippen LogP contribution in [0.1, 0.15) is 155 Å². The molecule has 1 unspecified atom stereocenters. The molecule has 0 radical (unpaired) electrons. The van der Waals surface area contributed by atoms with Crippen molar-refractivity contribution in [1.82, 2.24) is 5.32 Å². The van der Waals surface area contributed by atoms with Crippen molar-refractivity contribution in [3.63, 3.8) is 0 Å². The summed E-state index contributed by atoms with van der Waals surface area (Å²) in [4.78, 5) is 25.5. The van der Waals surface area contributed by atoms with E-state index in [0.29, 0.717) is 30.3 Å². The number of aliphatic hydroxyl groups excluding tert-OH is 4. The lowest BCUT2D eigenvalue weighted by Crippen LogP contribution is -2.46. The number of carbonyl (C=O) groups is 1. The van der Waals surface area contributed by atoms with Crippen LogP contribution in [0.4, 0.5) is 0 Å². The molecule has 5 N–H and O–H groups in total. The smallest absolute Gasteiger partial charge is 0.268 e. The van der Waals surface area contributed by atoms with Gasteiger partial charge < -0.3 is 44.2 Å². The van der Waals surface area contributed by atoms with Crippen molar-refractivity contribution in [1.29, 1.82) is 0 Å². The van der Waals surface area contributed by atoms with Crippen LogP contribution >= 0.6 is 7.82 Å². The minimum atomic E-state index is -4.65. The van der Waals surface area contributed by atoms with Crippen LogP contribution in [0.5, 0.6) is 0 Å². The molecule has 0 heterocycles. The topological polar surface area (TPSA) is 169 Å². The Morgan fingerprint density at radius 1 is 0.815 bits per heavy atom. The van der Waals surface area contributed by atoms with Crippen molar-refractivity contribution in [2.24, 2.45) is 11.8 Å². The minimum absolute atomic E-state index is 0.0148. The summed E-state index contributed by atoms with van der Waals surface area (Å²) in [6.45, 7) is 4.33. The SMILES string of the molecule is CCCCCCCCCCCCCCCC[C@@H](O)[C@H](COP(=O)([O-])OCC[N+](C)(C)C)NC(=O)C/C=C\C[C@H]1[C@@H](/C=C/[C@H](O)CCCCC)[C@H](O)C[C@@H]1O. The molecule has 0 aromatic carbocycles. The van der Waals surface area contributed by atoms with E-state index in [1.54, 1.807) is 18.2 Å². The summed E-state index contributed by atoms with van der Waals surface area (Å²) in [5, 5.41) is 45.3. The van der Waals surface area contributed by atoms with Gasteiger partial charge in [-0.15, -0.1) is 0 Å². The average molecular weight is 789 g/mol. The predicted molar refractivity (Wildman–Crippen MR) is 217 cm³/mol. The van der Waals surface area contributed by atoms with Crippen molar-refractivity contribution in [3.8, 4) is 0 Å². The summed E-state index contributed by atoms with van der Waals surface area (Å²) in [6, 6.07) is -0.942. The first-order valence-corrected chi connectivity index (χ1v) is 22.9. The van der Waals surface area contributed by atoms with Crippen LogP contribution in [0.3, 0.4) is 0 Å². The number of phosphoric ester groups is 1. The normalized spacial score (nSPS) is 22.2. The fraction of sp³-hybridized carbons (Fsp3) is 0.881. The number of quaternary nitrogens is 1. The first kappa shape index (κ1) is 50.9. The Kier molecular flexibility index (Phi) is 28.3. The number of amides is 1. The number of aliphatic hydroxyl groups is 4. The molecule has 1 rings (SSSR count). The van der Waals surface area contributed by atoms with Gasteiger partial charge in [-0.1, -0.05) is 147 Å². The molecular weight excluding hydrogens is 707 g/mol. The number of allylic oxidation sites excluding steroid dienone is 1. The molecule has 0 spiro atoms. The van der Waals surface area contributed by atoms with Crippen LogP contribution in [0.2, 0.25) is 0 Å². The second-order valence-electron chi connectivity index (χ2n) is 16.7. The number of hydrogen-bond acceptors (Lipinski definition) is 9. The van der Waals surface area contributed by atoms with E-state index in [1.807, 2.05) is 27.2 Å². The highest BCUT2D eigenvalue weighted by atomic mass is 31.2. The largest absolute Gasteiger partial charge is 0.756 e. The highest BCUT2D eigenvalue weighted by Crippen LogP contribution is 2.39. The monoisotopic (exact) mass is 789 g/mol. The summed E-state index contributed by atoms with van der Waals surface area (Å²) in [6.07, 6.45) is 25.8. The number of hydrogen-bond donors (Lipinski definition) is 5. The van der Waals surface area contributed by atoms with Gasteiger partial charge in [-0.2, -0.15) is 0 Å². The molecule has 1 saturated carbocycles. The lowest BCUT2D eigenvalue weighted by molar-refractivity contribution is -0.870. The average Bonchev–Trinajstić information content (AvgIpc) is 3.37. The van der Waals surface area contributed by atoms with Crippen LogP contribution in [0.25, 0.3) is 0 Å². The summed E-state index contributed by atoms with van der Waals surface area (Å²) in [5.74, 6) is -0.960. The Labute approximate surface area is 329 Å². The van der Waals surface area contributed by atoms with E-state index in [4.69, 9.17) is 9.05 Å². The van der Waals surface area contributed by atoms with Crippen molar-refractivity contribution in [2.45, 2.75) is 186 Å². The van der Waals surface area contributed by atoms with Gasteiger partial charge in [-0.05, 0) is 25.2 Å². The first-order valence-electron chi connectivity index (χ1n) is 21.4. The predicted octanol–water partition coefficient (Wildman–Crippen LogP) is 7.10. The van der Waals surface area contributed by atoms with E-state index in [-0.39, 0.29) is 31.3 Å². The lowest BCUT2D eigenvalue weighted by atomic mass is 9.89. The fourth-order valence-corrected chi connectivity index (χ4v) is 7.73. The van der Waals surface area contributed by atoms with Gasteiger partial charge >= 0.3 is 0 Å². The third-order valence-electron chi connectivity index (χ3n) is 10.5. The zero-order chi connectivity index (χ0) is 40.2. The third kappa shape index (κ3) is 25.9. The van der Waals surface area contributed by atoms with Crippen LogP contribution in [0, 0.1) is 11.8 Å². The summed E-state index contributed by atoms with van der Waals surface area (Å²) < 4.78 is 23.2. The number of phosphoric acid groups is 1. The van der Waals surface area contributed by atoms with E-state index in [2.05, 4.69) is 19.2 Å². The molecule has 0 aromatic rings. The Morgan fingerprint density at radius 2 is 1.35 bits per heavy atom. The van der Waals surface area contributed by atoms with Gasteiger partial charge in [0.15, 0.2) is 0 Å². The highest BCUT2D eigenvalue weighted by Gasteiger charge is 2.39. The maximum Gasteiger partial charge on any atom is 0.268 e. The molecule has 1 amide bonds. The molecule has 8 atom stereocenters. The second-order valence-corrected chi connectivity index (χ2v) is 18.1. The Bertz CT molecular complexity index is 1050. The Balaban J connectivity index is 2.62. The number of rotatable bonds is 34. The zero-order valence-corrected chi connectivity index (χ0v) is 35.6. The highest BCUT2D eigenvalue weighted by molar-refractivity contribution is 7.45. The third-order valence-corrected chi connectivity index (χ3v) is 11.5. The molecule has 1 fully saturated rings. The van der Waals surface area contributed by atoms with Gasteiger partial charge in [-0.3, -0.25) is 9.36 Å². The zero-order valence-electron chi connectivity index (χ0n) is 34.8. The maximum absolute atomic E-state index is 13.0. The molecule has 0 bridgehead atoms. The number of carbonyl (C=O) groups excluding carboxylic acids is 1. The van der Waals surface area contributed by atoms with Crippen molar-refractivity contribution < 1.29 is 48.2 Å². The molecule has 1 aliphatic rings. The van der Waals surface area contributed by atoms with E-state index in [9.17, 15) is 34.7 Å². The molecule has 318 valence electrons. The standard InChI is InChI=1S/C42H81N2O9P/c1-6-8-10-11-12-13-14-15-16-17-18-19-20-22-27-39(46)38(34-53-54(50,51)52-32-31-44(3,4)5)43-42(49)28-24-23-26-36-37(41(48)33-40(36)47)30-29-35(45)25-21-9-7-2/h23-24,29-30,35-41,45-48H,6-22,25-28,31-34H2,1-5H3,(H-,43,49,50,51)/b24-23-,30-29+/t35-,36+,37-,38+,39-,40+,41-/m1/s1. The summed E-state index contributed by atoms with van der Waals surface area (Å²) >= 11 is 0. The number of unbranched alkanes of at least 4 members (excludes halogenated alkanes) is 15. The Hall–Kier alpha value is -1.14. The van der Waals surface area contributed by atoms with Gasteiger partial charge in [0.2, 0.25) is 5.91 Å². The van der Waals surface area contributed by atoms with E-state index < -0.39 is 50.8 Å². The van der Waals surface area contributed by atoms with Crippen molar-refractivity contribution in [3.05, 3.63) is 24.3 Å². The fourth-order valence-electron chi connectivity index (χ4n) is 7.01. The van der Waals surface area contributed by atoms with Gasteiger partial charge in [0, 0.05) is 18.8 Å². The molecule has 1 aliphatic carbocycles. The molecule has 0 saturated heterocycles. The first-order chi connectivity index (χ1) is 25.7. The number of nitrogens with one attached hydrogen (secondary N) is 1. The molecule has 0 aliphatic heterocycles. The Morgan fingerprint density at radius 3 is 1.93 bits per heavy atom. The number of nitrogens with zero attached hydrogens (tertiary/aromatic N) is 1. The quantitative estimate of drug-likeness (QED) is 0.0198. The van der Waals surface area contributed by atoms with Crippen LogP contribution < -0.4 is 10.2 Å². The van der Waals surface area contributed by atoms with Crippen LogP contribution in [0.15, 0.2) is 24.3 Å². The molecular formula is C42H81N2O9P. The lowest BCUT2D eigenvalue weighted by Gasteiger charge is -2.30. The van der Waals surface area contributed by atoms with E-state index in [0.717, 1.165) is 44.9 Å². The molecule has 11 nitrogen and oxygen atoms in total. The molecule has 0 aromatic heterocycles. The maximum atomic E-state index is 13.0. The van der Waals surface area contributed by atoms with Gasteiger partial charge in [0.05, 0.1) is 58.2 Å². The second kappa shape index (κ2) is 30.0. The summed E-state index contributed by atoms with van der Waals surface area (Å²) in [7, 11) is 1.11. The van der Waals surface area contributed by atoms with Crippen molar-refractivity contribution >= 4 is 13.7 Å². The van der Waals surface area contributed by atoms with E-state index >= 15 is 0 Å². The summed E-state index contributed by atoms with van der Waals surface area (Å²) in [5.41, 5.74) is 0. The minimum Gasteiger partial charge on any atom is -0.756 e. The van der Waals surface area contributed by atoms with Gasteiger partial charge in [0.1, 0.15) is 13.2 Å². The van der Waals surface area contributed by atoms with Gasteiger partial charge in [-0.25, -0.2) is 0 Å². The van der Waals surface area contributed by atoms with Crippen LogP contribution in [-0.4, -0.2) is 102 Å². The van der Waals surface area contributed by atoms with Crippen molar-refractivity contribution in [2.75, 3.05) is 40.9 Å². The van der Waals surface area contributed by atoms with Crippen LogP contribution in [-0.2, 0) is 18.4 Å².